The molecule has 1 saturated carbocycles. The lowest BCUT2D eigenvalue weighted by atomic mass is 9.90. The monoisotopic (exact) mass is 576 g/mol. The lowest BCUT2D eigenvalue weighted by Gasteiger charge is -2.31. The van der Waals surface area contributed by atoms with Gasteiger partial charge in [0.2, 0.25) is 11.8 Å². The molecule has 214 valence electrons. The number of rotatable bonds is 5. The molecule has 5 atom stereocenters. The molecule has 0 radical (unpaired) electrons. The van der Waals surface area contributed by atoms with E-state index in [9.17, 15) is 49.5 Å². The summed E-state index contributed by atoms with van der Waals surface area (Å²) in [5, 5.41) is 4.94. The Balaban J connectivity index is 1.44. The first-order valence-corrected chi connectivity index (χ1v) is 12.1. The first-order chi connectivity index (χ1) is 18.6. The van der Waals surface area contributed by atoms with Crippen molar-refractivity contribution in [2.24, 2.45) is 11.8 Å². The molecule has 0 spiro atoms. The van der Waals surface area contributed by atoms with Crippen LogP contribution in [0, 0.1) is 23.5 Å². The average molecular weight is 576 g/mol. The number of amides is 3. The number of carbonyl (C=O) groups excluding carboxylic acids is 3. The van der Waals surface area contributed by atoms with Gasteiger partial charge in [0.05, 0.1) is 11.6 Å². The van der Waals surface area contributed by atoms with Gasteiger partial charge in [-0.3, -0.25) is 19.4 Å². The Morgan fingerprint density at radius 1 is 1.02 bits per heavy atom. The van der Waals surface area contributed by atoms with Crippen LogP contribution in [0.15, 0.2) is 30.5 Å². The molecule has 3 fully saturated rings. The summed E-state index contributed by atoms with van der Waals surface area (Å²) in [5.74, 6) is -6.42. The van der Waals surface area contributed by atoms with Gasteiger partial charge < -0.3 is 15.5 Å². The Morgan fingerprint density at radius 3 is 2.38 bits per heavy atom. The Bertz CT molecular complexity index is 1380. The van der Waals surface area contributed by atoms with E-state index in [0.29, 0.717) is 18.6 Å². The molecular formula is C25H20F8N4O3. The summed E-state index contributed by atoms with van der Waals surface area (Å²) in [5.41, 5.74) is -4.12. The van der Waals surface area contributed by atoms with Gasteiger partial charge in [-0.2, -0.15) is 26.3 Å². The number of alkyl halides is 6. The first-order valence-electron chi connectivity index (χ1n) is 12.1. The van der Waals surface area contributed by atoms with Gasteiger partial charge in [0.15, 0.2) is 0 Å². The van der Waals surface area contributed by atoms with Crippen molar-refractivity contribution in [2.45, 2.75) is 49.7 Å². The zero-order chi connectivity index (χ0) is 29.1. The molecule has 5 rings (SSSR count). The number of fused-ring (bicyclic) bond motifs is 1. The fourth-order valence-electron chi connectivity index (χ4n) is 5.43. The van der Waals surface area contributed by atoms with Crippen molar-refractivity contribution in [2.75, 3.05) is 6.54 Å². The maximum atomic E-state index is 14.9. The van der Waals surface area contributed by atoms with E-state index >= 15 is 0 Å². The van der Waals surface area contributed by atoms with Crippen LogP contribution in [0.1, 0.15) is 52.5 Å². The van der Waals surface area contributed by atoms with E-state index in [-0.39, 0.29) is 36.9 Å². The molecule has 3 aliphatic rings. The summed E-state index contributed by atoms with van der Waals surface area (Å²) in [4.78, 5) is 42.9. The molecule has 0 bridgehead atoms. The van der Waals surface area contributed by atoms with Crippen LogP contribution in [-0.2, 0) is 21.9 Å². The molecule has 15 heteroatoms. The number of halogens is 8. The minimum atomic E-state index is -5.18. The van der Waals surface area contributed by atoms with Crippen molar-refractivity contribution in [3.05, 3.63) is 64.5 Å². The van der Waals surface area contributed by atoms with E-state index < -0.39 is 82.6 Å². The number of aromatic nitrogens is 1. The van der Waals surface area contributed by atoms with Crippen molar-refractivity contribution in [3.8, 4) is 0 Å². The molecule has 3 amide bonds. The third kappa shape index (κ3) is 5.20. The van der Waals surface area contributed by atoms with Gasteiger partial charge in [0.25, 0.3) is 5.91 Å². The largest absolute Gasteiger partial charge is 0.433 e. The van der Waals surface area contributed by atoms with Crippen molar-refractivity contribution >= 4 is 17.7 Å². The van der Waals surface area contributed by atoms with Crippen LogP contribution in [0.25, 0.3) is 0 Å². The molecular weight excluding hydrogens is 556 g/mol. The van der Waals surface area contributed by atoms with Crippen LogP contribution in [-0.4, -0.2) is 46.2 Å². The molecule has 1 unspecified atom stereocenters. The normalized spacial score (nSPS) is 24.9. The Labute approximate surface area is 220 Å². The number of benzene rings is 1. The second-order valence-corrected chi connectivity index (χ2v) is 10.1. The van der Waals surface area contributed by atoms with Gasteiger partial charge in [-0.15, -0.1) is 0 Å². The lowest BCUT2D eigenvalue weighted by Crippen LogP contribution is -2.49. The summed E-state index contributed by atoms with van der Waals surface area (Å²) < 4.78 is 108. The van der Waals surface area contributed by atoms with Gasteiger partial charge in [-0.1, -0.05) is 0 Å². The number of hydrogen-bond acceptors (Lipinski definition) is 4. The highest BCUT2D eigenvalue weighted by molar-refractivity contribution is 5.98. The molecule has 40 heavy (non-hydrogen) atoms. The van der Waals surface area contributed by atoms with Gasteiger partial charge in [-0.25, -0.2) is 8.78 Å². The van der Waals surface area contributed by atoms with Gasteiger partial charge in [0.1, 0.15) is 23.4 Å². The predicted molar refractivity (Wildman–Crippen MR) is 119 cm³/mol. The fourth-order valence-corrected chi connectivity index (χ4v) is 5.43. The number of nitrogens with zero attached hydrogens (tertiary/aromatic N) is 2. The first kappa shape index (κ1) is 27.8. The second kappa shape index (κ2) is 9.70. The molecule has 2 saturated heterocycles. The summed E-state index contributed by atoms with van der Waals surface area (Å²) in [6, 6.07) is -1.16. The van der Waals surface area contributed by atoms with Crippen LogP contribution < -0.4 is 10.6 Å². The van der Waals surface area contributed by atoms with Crippen molar-refractivity contribution < 1.29 is 49.5 Å². The van der Waals surface area contributed by atoms with Crippen LogP contribution in [0.2, 0.25) is 0 Å². The number of carbonyl (C=O) groups is 3. The Morgan fingerprint density at radius 2 is 1.75 bits per heavy atom. The molecule has 1 aromatic heterocycles. The van der Waals surface area contributed by atoms with E-state index in [0.717, 1.165) is 17.2 Å². The molecule has 2 aromatic rings. The number of likely N-dealkylation sites (tertiary alicyclic amines) is 1. The SMILES string of the molecule is O=C1C[C@@H](C(NC(=O)[C@H]2C[C@H]3C[C@H]3N2C(=O)c2ccnc(C(F)(F)F)c2)c2cc(F)c(C(F)(F)F)cc2F)CN1. The van der Waals surface area contributed by atoms with Gasteiger partial charge >= 0.3 is 12.4 Å². The highest BCUT2D eigenvalue weighted by atomic mass is 19.4. The van der Waals surface area contributed by atoms with Crippen LogP contribution in [0.5, 0.6) is 0 Å². The number of piperidine rings is 1. The minimum Gasteiger partial charge on any atom is -0.356 e. The smallest absolute Gasteiger partial charge is 0.356 e. The second-order valence-electron chi connectivity index (χ2n) is 10.1. The third-order valence-corrected chi connectivity index (χ3v) is 7.44. The zero-order valence-corrected chi connectivity index (χ0v) is 20.2. The van der Waals surface area contributed by atoms with Gasteiger partial charge in [0, 0.05) is 42.2 Å². The highest BCUT2D eigenvalue weighted by Crippen LogP contribution is 2.49. The van der Waals surface area contributed by atoms with E-state index in [2.05, 4.69) is 15.6 Å². The standard InChI is InChI=1S/C25H20F8N4O3/c26-15-8-14(24(28,29)30)16(27)7-13(15)21(12-6-20(38)35-9-12)36-22(39)18-4-11-3-17(11)37(18)23(40)10-1-2-34-19(5-10)25(31,32)33/h1-2,5,7-8,11-12,17-18,21H,3-4,6,9H2,(H,35,38)(H,36,39)/t11-,12-,17-,18-,21?/m1/s1. The number of pyridine rings is 1. The van der Waals surface area contributed by atoms with E-state index in [1.807, 2.05) is 0 Å². The minimum absolute atomic E-state index is 0.0315. The van der Waals surface area contributed by atoms with Crippen molar-refractivity contribution in [1.82, 2.24) is 20.5 Å². The highest BCUT2D eigenvalue weighted by Gasteiger charge is 2.56. The summed E-state index contributed by atoms with van der Waals surface area (Å²) in [6.07, 6.45) is -8.79. The van der Waals surface area contributed by atoms with Crippen LogP contribution >= 0.6 is 0 Å². The van der Waals surface area contributed by atoms with Crippen molar-refractivity contribution in [1.29, 1.82) is 0 Å². The Kier molecular flexibility index (Phi) is 6.73. The van der Waals surface area contributed by atoms with Crippen LogP contribution in [0.3, 0.4) is 0 Å². The van der Waals surface area contributed by atoms with E-state index in [1.165, 1.54) is 0 Å². The van der Waals surface area contributed by atoms with E-state index in [4.69, 9.17) is 0 Å². The summed E-state index contributed by atoms with van der Waals surface area (Å²) >= 11 is 0. The summed E-state index contributed by atoms with van der Waals surface area (Å²) in [6.45, 7) is -0.0956. The van der Waals surface area contributed by atoms with Crippen molar-refractivity contribution in [3.63, 3.8) is 0 Å². The molecule has 3 heterocycles. The van der Waals surface area contributed by atoms with Gasteiger partial charge in [-0.05, 0) is 43.0 Å². The maximum absolute atomic E-state index is 14.9. The molecule has 1 aromatic carbocycles. The molecule has 1 aliphatic carbocycles. The topological polar surface area (TPSA) is 91.4 Å². The number of hydrogen-bond donors (Lipinski definition) is 2. The van der Waals surface area contributed by atoms with Crippen LogP contribution in [0.4, 0.5) is 35.1 Å². The quantitative estimate of drug-likeness (QED) is 0.527. The summed E-state index contributed by atoms with van der Waals surface area (Å²) in [7, 11) is 0. The lowest BCUT2D eigenvalue weighted by molar-refractivity contribution is -0.141. The molecule has 2 N–H and O–H groups in total. The predicted octanol–water partition coefficient (Wildman–Crippen LogP) is 3.99. The molecule has 2 aliphatic heterocycles. The third-order valence-electron chi connectivity index (χ3n) is 7.44. The fraction of sp³-hybridized carbons (Fsp3) is 0.440. The average Bonchev–Trinajstić information content (AvgIpc) is 3.32. The van der Waals surface area contributed by atoms with E-state index in [1.54, 1.807) is 0 Å². The zero-order valence-electron chi connectivity index (χ0n) is 20.2. The Hall–Kier alpha value is -3.78. The maximum Gasteiger partial charge on any atom is 0.433 e. The molecule has 7 nitrogen and oxygen atoms in total. The number of nitrogens with one attached hydrogen (secondary N) is 2.